The third-order valence-electron chi connectivity index (χ3n) is 3.09. The molecule has 0 saturated carbocycles. The molecule has 0 spiro atoms. The number of carbonyl (C=O) groups excluding carboxylic acids is 1. The maximum atomic E-state index is 12.3. The zero-order valence-electron chi connectivity index (χ0n) is 11.8. The SMILES string of the molecule is CCn1nccc1CN(C)C(=O)c1cn(C)nc1C. The first-order valence-corrected chi connectivity index (χ1v) is 6.29. The van der Waals surface area contributed by atoms with Crippen LogP contribution in [0.4, 0.5) is 0 Å². The van der Waals surface area contributed by atoms with E-state index in [1.54, 1.807) is 29.0 Å². The summed E-state index contributed by atoms with van der Waals surface area (Å²) in [4.78, 5) is 14.0. The van der Waals surface area contributed by atoms with Crippen LogP contribution in [0.5, 0.6) is 0 Å². The van der Waals surface area contributed by atoms with Crippen LogP contribution in [0, 0.1) is 6.92 Å². The fourth-order valence-electron chi connectivity index (χ4n) is 2.11. The van der Waals surface area contributed by atoms with Crippen molar-refractivity contribution in [3.05, 3.63) is 35.4 Å². The molecule has 0 aliphatic rings. The molecule has 2 heterocycles. The van der Waals surface area contributed by atoms with Crippen LogP contribution in [0.3, 0.4) is 0 Å². The maximum Gasteiger partial charge on any atom is 0.257 e. The van der Waals surface area contributed by atoms with Crippen LogP contribution in [0.2, 0.25) is 0 Å². The van der Waals surface area contributed by atoms with E-state index in [-0.39, 0.29) is 5.91 Å². The van der Waals surface area contributed by atoms with E-state index in [2.05, 4.69) is 10.2 Å². The Balaban J connectivity index is 2.14. The smallest absolute Gasteiger partial charge is 0.257 e. The maximum absolute atomic E-state index is 12.3. The van der Waals surface area contributed by atoms with Crippen LogP contribution in [0.1, 0.15) is 28.7 Å². The van der Waals surface area contributed by atoms with Gasteiger partial charge in [0.05, 0.1) is 23.5 Å². The van der Waals surface area contributed by atoms with Crippen molar-refractivity contribution >= 4 is 5.91 Å². The molecule has 2 rings (SSSR count). The quantitative estimate of drug-likeness (QED) is 0.831. The Bertz CT molecular complexity index is 584. The zero-order valence-corrected chi connectivity index (χ0v) is 11.8. The second kappa shape index (κ2) is 5.26. The van der Waals surface area contributed by atoms with Crippen molar-refractivity contribution in [3.8, 4) is 0 Å². The summed E-state index contributed by atoms with van der Waals surface area (Å²) in [6.07, 6.45) is 3.51. The van der Waals surface area contributed by atoms with Crippen molar-refractivity contribution in [1.82, 2.24) is 24.5 Å². The predicted octanol–water partition coefficient (Wildman–Crippen LogP) is 1.22. The van der Waals surface area contributed by atoms with Crippen LogP contribution in [0.25, 0.3) is 0 Å². The summed E-state index contributed by atoms with van der Waals surface area (Å²) >= 11 is 0. The van der Waals surface area contributed by atoms with Gasteiger partial charge in [-0.05, 0) is 19.9 Å². The lowest BCUT2D eigenvalue weighted by molar-refractivity contribution is 0.0781. The minimum Gasteiger partial charge on any atom is -0.336 e. The molecule has 0 fully saturated rings. The molecule has 0 aliphatic carbocycles. The van der Waals surface area contributed by atoms with Crippen LogP contribution < -0.4 is 0 Å². The van der Waals surface area contributed by atoms with Gasteiger partial charge in [0, 0.05) is 33.0 Å². The van der Waals surface area contributed by atoms with Gasteiger partial charge in [-0.25, -0.2) is 0 Å². The van der Waals surface area contributed by atoms with Gasteiger partial charge in [0.25, 0.3) is 5.91 Å². The van der Waals surface area contributed by atoms with E-state index < -0.39 is 0 Å². The summed E-state index contributed by atoms with van der Waals surface area (Å²) in [6.45, 7) is 5.22. The molecule has 2 aromatic heterocycles. The summed E-state index contributed by atoms with van der Waals surface area (Å²) in [5, 5.41) is 8.40. The van der Waals surface area contributed by atoms with E-state index in [0.717, 1.165) is 17.9 Å². The Morgan fingerprint density at radius 3 is 2.79 bits per heavy atom. The molecule has 19 heavy (non-hydrogen) atoms. The topological polar surface area (TPSA) is 56.0 Å². The molecule has 102 valence electrons. The third-order valence-corrected chi connectivity index (χ3v) is 3.09. The van der Waals surface area contributed by atoms with Crippen molar-refractivity contribution in [2.24, 2.45) is 7.05 Å². The van der Waals surface area contributed by atoms with E-state index in [1.165, 1.54) is 0 Å². The molecule has 0 N–H and O–H groups in total. The van der Waals surface area contributed by atoms with Gasteiger partial charge in [-0.15, -0.1) is 0 Å². The average Bonchev–Trinajstić information content (AvgIpc) is 2.94. The van der Waals surface area contributed by atoms with E-state index in [0.29, 0.717) is 12.1 Å². The monoisotopic (exact) mass is 261 g/mol. The van der Waals surface area contributed by atoms with Crippen LogP contribution in [-0.4, -0.2) is 37.4 Å². The lowest BCUT2D eigenvalue weighted by Crippen LogP contribution is -2.27. The first kappa shape index (κ1) is 13.3. The van der Waals surface area contributed by atoms with Crippen LogP contribution >= 0.6 is 0 Å². The van der Waals surface area contributed by atoms with Gasteiger partial charge in [-0.3, -0.25) is 14.2 Å². The highest BCUT2D eigenvalue weighted by Gasteiger charge is 2.18. The van der Waals surface area contributed by atoms with Gasteiger partial charge >= 0.3 is 0 Å². The largest absolute Gasteiger partial charge is 0.336 e. The fraction of sp³-hybridized carbons (Fsp3) is 0.462. The first-order valence-electron chi connectivity index (χ1n) is 6.29. The number of hydrogen-bond acceptors (Lipinski definition) is 3. The fourth-order valence-corrected chi connectivity index (χ4v) is 2.11. The van der Waals surface area contributed by atoms with Crippen molar-refractivity contribution in [2.75, 3.05) is 7.05 Å². The number of carbonyl (C=O) groups is 1. The second-order valence-corrected chi connectivity index (χ2v) is 4.60. The summed E-state index contributed by atoms with van der Waals surface area (Å²) in [5.74, 6) is -0.0190. The molecular formula is C13H19N5O. The Morgan fingerprint density at radius 1 is 1.47 bits per heavy atom. The van der Waals surface area contributed by atoms with E-state index in [1.807, 2.05) is 31.6 Å². The van der Waals surface area contributed by atoms with E-state index in [9.17, 15) is 4.79 Å². The van der Waals surface area contributed by atoms with E-state index in [4.69, 9.17) is 0 Å². The standard InChI is InChI=1S/C13H19N5O/c1-5-18-11(6-7-14-18)8-16(3)13(19)12-9-17(4)15-10(12)2/h6-7,9H,5,8H2,1-4H3. The second-order valence-electron chi connectivity index (χ2n) is 4.60. The molecule has 0 aromatic carbocycles. The van der Waals surface area contributed by atoms with Gasteiger partial charge in [0.15, 0.2) is 0 Å². The average molecular weight is 261 g/mol. The van der Waals surface area contributed by atoms with Gasteiger partial charge in [0.2, 0.25) is 0 Å². The highest BCUT2D eigenvalue weighted by atomic mass is 16.2. The molecule has 0 bridgehead atoms. The number of aromatic nitrogens is 4. The lowest BCUT2D eigenvalue weighted by atomic mass is 10.2. The van der Waals surface area contributed by atoms with E-state index >= 15 is 0 Å². The summed E-state index contributed by atoms with van der Waals surface area (Å²) in [6, 6.07) is 1.93. The highest BCUT2D eigenvalue weighted by Crippen LogP contribution is 2.11. The molecule has 6 nitrogen and oxygen atoms in total. The molecule has 0 aliphatic heterocycles. The number of aryl methyl sites for hydroxylation is 3. The van der Waals surface area contributed by atoms with Crippen LogP contribution in [0.15, 0.2) is 18.5 Å². The Morgan fingerprint density at radius 2 is 2.21 bits per heavy atom. The summed E-state index contributed by atoms with van der Waals surface area (Å²) in [7, 11) is 3.61. The van der Waals surface area contributed by atoms with Gasteiger partial charge in [-0.2, -0.15) is 10.2 Å². The van der Waals surface area contributed by atoms with Crippen molar-refractivity contribution in [3.63, 3.8) is 0 Å². The zero-order chi connectivity index (χ0) is 14.0. The van der Waals surface area contributed by atoms with Crippen molar-refractivity contribution in [1.29, 1.82) is 0 Å². The normalized spacial score (nSPS) is 10.7. The molecule has 2 aromatic rings. The third kappa shape index (κ3) is 2.67. The molecule has 0 unspecified atom stereocenters. The highest BCUT2D eigenvalue weighted by molar-refractivity contribution is 5.94. The number of hydrogen-bond donors (Lipinski definition) is 0. The number of nitrogens with zero attached hydrogens (tertiary/aromatic N) is 5. The first-order chi connectivity index (χ1) is 9.02. The number of rotatable bonds is 4. The minimum absolute atomic E-state index is 0.0190. The van der Waals surface area contributed by atoms with Crippen molar-refractivity contribution < 1.29 is 4.79 Å². The molecule has 0 atom stereocenters. The predicted molar refractivity (Wildman–Crippen MR) is 71.6 cm³/mol. The summed E-state index contributed by atoms with van der Waals surface area (Å²) < 4.78 is 3.55. The van der Waals surface area contributed by atoms with Gasteiger partial charge in [0.1, 0.15) is 0 Å². The Labute approximate surface area is 112 Å². The Hall–Kier alpha value is -2.11. The molecular weight excluding hydrogens is 242 g/mol. The lowest BCUT2D eigenvalue weighted by Gasteiger charge is -2.17. The minimum atomic E-state index is -0.0190. The Kier molecular flexibility index (Phi) is 3.69. The van der Waals surface area contributed by atoms with Crippen molar-refractivity contribution in [2.45, 2.75) is 26.9 Å². The van der Waals surface area contributed by atoms with Crippen LogP contribution in [-0.2, 0) is 20.1 Å². The molecule has 0 saturated heterocycles. The van der Waals surface area contributed by atoms with Gasteiger partial charge < -0.3 is 4.90 Å². The van der Waals surface area contributed by atoms with Gasteiger partial charge in [-0.1, -0.05) is 0 Å². The molecule has 1 amide bonds. The molecule has 0 radical (unpaired) electrons. The number of amides is 1. The summed E-state index contributed by atoms with van der Waals surface area (Å²) in [5.41, 5.74) is 2.43. The molecule has 6 heteroatoms.